The Hall–Kier alpha value is -1.84. The number of carbonyl (C=O) groups is 1. The van der Waals surface area contributed by atoms with Gasteiger partial charge in [0.05, 0.1) is 13.0 Å². The summed E-state index contributed by atoms with van der Waals surface area (Å²) in [6, 6.07) is 7.31. The van der Waals surface area contributed by atoms with Crippen LogP contribution in [0.4, 0.5) is 5.69 Å². The van der Waals surface area contributed by atoms with Crippen molar-refractivity contribution in [1.29, 1.82) is 0 Å². The number of nitrogens with zero attached hydrogens (tertiary/aromatic N) is 1. The van der Waals surface area contributed by atoms with Crippen molar-refractivity contribution in [2.45, 2.75) is 12.8 Å². The largest absolute Gasteiger partial charge is 0.497 e. The van der Waals surface area contributed by atoms with E-state index in [1.807, 2.05) is 24.3 Å². The topological polar surface area (TPSA) is 50.7 Å². The number of carbonyl (C=O) groups excluding carboxylic acids is 1. The maximum absolute atomic E-state index is 11.9. The van der Waals surface area contributed by atoms with Crippen LogP contribution in [0.5, 0.6) is 5.75 Å². The molecular weight excluding hydrogens is 216 g/mol. The Labute approximate surface area is 101 Å². The molecule has 4 heteroatoms. The van der Waals surface area contributed by atoms with Gasteiger partial charge in [-0.3, -0.25) is 9.79 Å². The second-order valence-electron chi connectivity index (χ2n) is 4.02. The quantitative estimate of drug-likeness (QED) is 0.867. The molecular formula is C13H16N2O2. The van der Waals surface area contributed by atoms with E-state index in [9.17, 15) is 4.79 Å². The van der Waals surface area contributed by atoms with Crippen LogP contribution in [0.3, 0.4) is 0 Å². The van der Waals surface area contributed by atoms with E-state index in [4.69, 9.17) is 4.74 Å². The molecule has 0 spiro atoms. The summed E-state index contributed by atoms with van der Waals surface area (Å²) in [5.74, 6) is 0.701. The molecule has 90 valence electrons. The van der Waals surface area contributed by atoms with Crippen LogP contribution in [0, 0.1) is 5.92 Å². The minimum Gasteiger partial charge on any atom is -0.497 e. The Morgan fingerprint density at radius 2 is 2.18 bits per heavy atom. The van der Waals surface area contributed by atoms with Gasteiger partial charge in [-0.1, -0.05) is 0 Å². The van der Waals surface area contributed by atoms with E-state index in [2.05, 4.69) is 10.3 Å². The number of hydrogen-bond donors (Lipinski definition) is 1. The molecule has 1 aromatic carbocycles. The summed E-state index contributed by atoms with van der Waals surface area (Å²) in [5, 5.41) is 2.88. The van der Waals surface area contributed by atoms with Crippen LogP contribution in [0.1, 0.15) is 12.8 Å². The van der Waals surface area contributed by atoms with E-state index >= 15 is 0 Å². The molecule has 1 aliphatic rings. The Balaban J connectivity index is 1.97. The minimum atomic E-state index is -0.0918. The lowest BCUT2D eigenvalue weighted by Crippen LogP contribution is -2.26. The van der Waals surface area contributed by atoms with E-state index in [1.165, 1.54) is 0 Å². The molecule has 2 rings (SSSR count). The Bertz CT molecular complexity index is 412. The molecule has 1 aromatic rings. The van der Waals surface area contributed by atoms with Gasteiger partial charge >= 0.3 is 0 Å². The van der Waals surface area contributed by atoms with Crippen LogP contribution in [0.15, 0.2) is 29.3 Å². The molecule has 0 saturated heterocycles. The zero-order valence-corrected chi connectivity index (χ0v) is 9.85. The first-order chi connectivity index (χ1) is 8.29. The van der Waals surface area contributed by atoms with Gasteiger partial charge in [0.25, 0.3) is 0 Å². The highest BCUT2D eigenvalue weighted by molar-refractivity contribution is 6.02. The highest BCUT2D eigenvalue weighted by atomic mass is 16.5. The first-order valence-corrected chi connectivity index (χ1v) is 5.74. The second-order valence-corrected chi connectivity index (χ2v) is 4.02. The van der Waals surface area contributed by atoms with Crippen molar-refractivity contribution in [2.24, 2.45) is 10.9 Å². The number of amides is 1. The molecule has 1 aliphatic heterocycles. The van der Waals surface area contributed by atoms with Crippen molar-refractivity contribution in [3.8, 4) is 5.75 Å². The third kappa shape index (κ3) is 3.06. The smallest absolute Gasteiger partial charge is 0.232 e. The standard InChI is InChI=1S/C13H16N2O2/c1-17-12-6-4-11(5-7-12)15-13(16)10-3-2-8-14-9-10/h4-7,9-10H,2-3,8H2,1H3,(H,15,16). The molecule has 0 radical (unpaired) electrons. The number of anilines is 1. The number of aliphatic imine (C=N–C) groups is 1. The van der Waals surface area contributed by atoms with Crippen LogP contribution in [-0.4, -0.2) is 25.8 Å². The van der Waals surface area contributed by atoms with Gasteiger partial charge in [0.2, 0.25) is 5.91 Å². The summed E-state index contributed by atoms with van der Waals surface area (Å²) >= 11 is 0. The highest BCUT2D eigenvalue weighted by Gasteiger charge is 2.18. The summed E-state index contributed by atoms with van der Waals surface area (Å²) in [5.41, 5.74) is 0.787. The fourth-order valence-corrected chi connectivity index (χ4v) is 1.79. The number of nitrogens with one attached hydrogen (secondary N) is 1. The fourth-order valence-electron chi connectivity index (χ4n) is 1.79. The average molecular weight is 232 g/mol. The fraction of sp³-hybridized carbons (Fsp3) is 0.385. The molecule has 0 bridgehead atoms. The van der Waals surface area contributed by atoms with Gasteiger partial charge < -0.3 is 10.1 Å². The first-order valence-electron chi connectivity index (χ1n) is 5.74. The first kappa shape index (κ1) is 11.6. The molecule has 0 saturated carbocycles. The molecule has 1 atom stereocenters. The van der Waals surface area contributed by atoms with Crippen molar-refractivity contribution in [3.05, 3.63) is 24.3 Å². The normalized spacial score (nSPS) is 18.8. The Kier molecular flexibility index (Phi) is 3.75. The van der Waals surface area contributed by atoms with E-state index < -0.39 is 0 Å². The third-order valence-corrected chi connectivity index (χ3v) is 2.78. The number of rotatable bonds is 3. The van der Waals surface area contributed by atoms with Gasteiger partial charge in [-0.05, 0) is 37.1 Å². The van der Waals surface area contributed by atoms with E-state index in [-0.39, 0.29) is 11.8 Å². The number of benzene rings is 1. The molecule has 0 aromatic heterocycles. The number of hydrogen-bond acceptors (Lipinski definition) is 3. The van der Waals surface area contributed by atoms with Crippen LogP contribution < -0.4 is 10.1 Å². The lowest BCUT2D eigenvalue weighted by Gasteiger charge is -2.15. The van der Waals surface area contributed by atoms with Crippen LogP contribution >= 0.6 is 0 Å². The van der Waals surface area contributed by atoms with Crippen LogP contribution in [0.25, 0.3) is 0 Å². The molecule has 1 heterocycles. The molecule has 1 N–H and O–H groups in total. The SMILES string of the molecule is COc1ccc(NC(=O)C2C=NCCC2)cc1. The molecule has 1 amide bonds. The number of ether oxygens (including phenoxy) is 1. The summed E-state index contributed by atoms with van der Waals surface area (Å²) in [6.45, 7) is 0.840. The van der Waals surface area contributed by atoms with Crippen molar-refractivity contribution >= 4 is 17.8 Å². The predicted octanol–water partition coefficient (Wildman–Crippen LogP) is 2.11. The van der Waals surface area contributed by atoms with Gasteiger partial charge in [0.1, 0.15) is 5.75 Å². The maximum Gasteiger partial charge on any atom is 0.232 e. The van der Waals surface area contributed by atoms with Gasteiger partial charge in [-0.15, -0.1) is 0 Å². The molecule has 0 aliphatic carbocycles. The second kappa shape index (κ2) is 5.48. The summed E-state index contributed by atoms with van der Waals surface area (Å²) in [7, 11) is 1.62. The zero-order valence-electron chi connectivity index (χ0n) is 9.85. The van der Waals surface area contributed by atoms with Crippen molar-refractivity contribution < 1.29 is 9.53 Å². The predicted molar refractivity (Wildman–Crippen MR) is 67.7 cm³/mol. The van der Waals surface area contributed by atoms with Crippen molar-refractivity contribution in [3.63, 3.8) is 0 Å². The molecule has 4 nitrogen and oxygen atoms in total. The van der Waals surface area contributed by atoms with E-state index in [0.29, 0.717) is 0 Å². The van der Waals surface area contributed by atoms with Crippen LogP contribution in [-0.2, 0) is 4.79 Å². The van der Waals surface area contributed by atoms with Gasteiger partial charge in [0.15, 0.2) is 0 Å². The van der Waals surface area contributed by atoms with Gasteiger partial charge in [0, 0.05) is 18.4 Å². The summed E-state index contributed by atoms with van der Waals surface area (Å²) in [6.07, 6.45) is 3.62. The Morgan fingerprint density at radius 1 is 1.41 bits per heavy atom. The lowest BCUT2D eigenvalue weighted by atomic mass is 10.0. The summed E-state index contributed by atoms with van der Waals surface area (Å²) in [4.78, 5) is 16.0. The molecule has 17 heavy (non-hydrogen) atoms. The van der Waals surface area contributed by atoms with E-state index in [0.717, 1.165) is 30.8 Å². The van der Waals surface area contributed by atoms with Gasteiger partial charge in [-0.25, -0.2) is 0 Å². The van der Waals surface area contributed by atoms with Crippen molar-refractivity contribution in [1.82, 2.24) is 0 Å². The lowest BCUT2D eigenvalue weighted by molar-refractivity contribution is -0.118. The van der Waals surface area contributed by atoms with Crippen LogP contribution in [0.2, 0.25) is 0 Å². The molecule has 0 fully saturated rings. The van der Waals surface area contributed by atoms with Crippen molar-refractivity contribution in [2.75, 3.05) is 19.0 Å². The number of methoxy groups -OCH3 is 1. The third-order valence-electron chi connectivity index (χ3n) is 2.78. The van der Waals surface area contributed by atoms with E-state index in [1.54, 1.807) is 13.3 Å². The zero-order chi connectivity index (χ0) is 12.1. The average Bonchev–Trinajstić information content (AvgIpc) is 2.40. The minimum absolute atomic E-state index is 0.0126. The monoisotopic (exact) mass is 232 g/mol. The highest BCUT2D eigenvalue weighted by Crippen LogP contribution is 2.17. The summed E-state index contributed by atoms with van der Waals surface area (Å²) < 4.78 is 5.06. The Morgan fingerprint density at radius 3 is 2.76 bits per heavy atom. The maximum atomic E-state index is 11.9. The molecule has 1 unspecified atom stereocenters. The van der Waals surface area contributed by atoms with Gasteiger partial charge in [-0.2, -0.15) is 0 Å².